The molecular weight excluding hydrogens is 440 g/mol. The van der Waals surface area contributed by atoms with Gasteiger partial charge in [0.25, 0.3) is 11.5 Å². The number of carbonyl (C=O) groups is 1. The lowest BCUT2D eigenvalue weighted by molar-refractivity contribution is -0.122. The van der Waals surface area contributed by atoms with Gasteiger partial charge in [0.1, 0.15) is 21.8 Å². The number of unbranched alkanes of at least 4 members (excludes halogenated alkanes) is 3. The van der Waals surface area contributed by atoms with Crippen molar-refractivity contribution < 1.29 is 4.79 Å². The van der Waals surface area contributed by atoms with E-state index >= 15 is 0 Å². The second-order valence-corrected chi connectivity index (χ2v) is 10.0. The Kier molecular flexibility index (Phi) is 8.55. The lowest BCUT2D eigenvalue weighted by Crippen LogP contribution is -2.37. The minimum Gasteiger partial charge on any atom is -0.357 e. The molecule has 0 radical (unpaired) electrons. The van der Waals surface area contributed by atoms with Gasteiger partial charge in [-0.05, 0) is 51.2 Å². The average Bonchev–Trinajstić information content (AvgIpc) is 3.06. The molecule has 0 unspecified atom stereocenters. The summed E-state index contributed by atoms with van der Waals surface area (Å²) < 4.78 is 2.27. The Labute approximate surface area is 200 Å². The van der Waals surface area contributed by atoms with E-state index < -0.39 is 0 Å². The maximum atomic E-state index is 13.2. The van der Waals surface area contributed by atoms with Crippen LogP contribution in [0.2, 0.25) is 0 Å². The number of hydrogen-bond acceptors (Lipinski definition) is 6. The molecule has 2 fully saturated rings. The molecule has 6 nitrogen and oxygen atoms in total. The fraction of sp³-hybridized carbons (Fsp3) is 0.583. The van der Waals surface area contributed by atoms with Crippen molar-refractivity contribution in [2.45, 2.75) is 72.3 Å². The molecular formula is C24H32N4O2S2. The summed E-state index contributed by atoms with van der Waals surface area (Å²) in [4.78, 5) is 30.7. The van der Waals surface area contributed by atoms with Gasteiger partial charge in [-0.15, -0.1) is 0 Å². The summed E-state index contributed by atoms with van der Waals surface area (Å²) in [6, 6.07) is 2.09. The topological polar surface area (TPSA) is 69.3 Å². The number of thioether (sulfide) groups is 1. The van der Waals surface area contributed by atoms with Crippen LogP contribution in [0.3, 0.4) is 0 Å². The molecule has 0 atom stereocenters. The molecule has 2 aliphatic heterocycles. The predicted octanol–water partition coefficient (Wildman–Crippen LogP) is 4.82. The number of amides is 1. The fourth-order valence-corrected chi connectivity index (χ4v) is 5.69. The van der Waals surface area contributed by atoms with Crippen LogP contribution in [0.4, 0.5) is 5.82 Å². The molecule has 32 heavy (non-hydrogen) atoms. The highest BCUT2D eigenvalue weighted by Gasteiger charge is 2.33. The molecule has 0 saturated carbocycles. The van der Waals surface area contributed by atoms with Gasteiger partial charge in [-0.1, -0.05) is 50.2 Å². The lowest BCUT2D eigenvalue weighted by Gasteiger charge is -2.33. The fourth-order valence-electron chi connectivity index (χ4n) is 4.40. The SMILES string of the molecule is CCCCCCN1C(=O)/C(=C/c2c(C)c(C#N)c(=O)n(CC)c2N2CCCCC2)SC1=S. The summed E-state index contributed by atoms with van der Waals surface area (Å²) >= 11 is 6.82. The van der Waals surface area contributed by atoms with Crippen LogP contribution in [-0.4, -0.2) is 39.3 Å². The second kappa shape index (κ2) is 11.2. The van der Waals surface area contributed by atoms with E-state index in [9.17, 15) is 14.9 Å². The predicted molar refractivity (Wildman–Crippen MR) is 136 cm³/mol. The van der Waals surface area contributed by atoms with Crippen molar-refractivity contribution in [2.24, 2.45) is 0 Å². The highest BCUT2D eigenvalue weighted by atomic mass is 32.2. The molecule has 0 spiro atoms. The first kappa shape index (κ1) is 24.5. The maximum absolute atomic E-state index is 13.2. The Hall–Kier alpha value is -2.11. The summed E-state index contributed by atoms with van der Waals surface area (Å²) in [6.45, 7) is 8.73. The van der Waals surface area contributed by atoms with E-state index in [4.69, 9.17) is 12.2 Å². The first-order valence-electron chi connectivity index (χ1n) is 11.6. The third kappa shape index (κ3) is 4.94. The molecule has 1 aromatic heterocycles. The minimum atomic E-state index is -0.256. The molecule has 0 bridgehead atoms. The zero-order chi connectivity index (χ0) is 23.3. The Balaban J connectivity index is 2.06. The molecule has 3 heterocycles. The Bertz CT molecular complexity index is 1020. The van der Waals surface area contributed by atoms with Crippen molar-refractivity contribution in [3.05, 3.63) is 31.9 Å². The third-order valence-corrected chi connectivity index (χ3v) is 7.58. The normalized spacial score (nSPS) is 18.0. The van der Waals surface area contributed by atoms with Gasteiger partial charge in [-0.3, -0.25) is 19.1 Å². The van der Waals surface area contributed by atoms with E-state index in [0.717, 1.165) is 63.0 Å². The van der Waals surface area contributed by atoms with E-state index in [0.29, 0.717) is 27.9 Å². The van der Waals surface area contributed by atoms with Crippen LogP contribution >= 0.6 is 24.0 Å². The van der Waals surface area contributed by atoms with Crippen molar-refractivity contribution in [1.29, 1.82) is 5.26 Å². The van der Waals surface area contributed by atoms with Crippen molar-refractivity contribution in [3.8, 4) is 6.07 Å². The van der Waals surface area contributed by atoms with Crippen molar-refractivity contribution >= 4 is 46.1 Å². The molecule has 0 aliphatic carbocycles. The molecule has 1 amide bonds. The van der Waals surface area contributed by atoms with Gasteiger partial charge in [0.2, 0.25) is 0 Å². The summed E-state index contributed by atoms with van der Waals surface area (Å²) in [5.41, 5.74) is 1.31. The van der Waals surface area contributed by atoms with Crippen LogP contribution in [0.15, 0.2) is 9.70 Å². The number of nitrogens with zero attached hydrogens (tertiary/aromatic N) is 4. The van der Waals surface area contributed by atoms with Gasteiger partial charge >= 0.3 is 0 Å². The molecule has 172 valence electrons. The van der Waals surface area contributed by atoms with Crippen LogP contribution in [0.25, 0.3) is 6.08 Å². The number of aromatic nitrogens is 1. The number of thiocarbonyl (C=S) groups is 1. The number of hydrogen-bond donors (Lipinski definition) is 0. The highest BCUT2D eigenvalue weighted by molar-refractivity contribution is 8.26. The van der Waals surface area contributed by atoms with Crippen molar-refractivity contribution in [1.82, 2.24) is 9.47 Å². The van der Waals surface area contributed by atoms with E-state index in [-0.39, 0.29) is 17.0 Å². The average molecular weight is 473 g/mol. The summed E-state index contributed by atoms with van der Waals surface area (Å²) in [7, 11) is 0. The Morgan fingerprint density at radius 1 is 1.12 bits per heavy atom. The van der Waals surface area contributed by atoms with Gasteiger partial charge in [-0.2, -0.15) is 5.26 Å². The molecule has 0 aromatic carbocycles. The van der Waals surface area contributed by atoms with Gasteiger partial charge in [0.15, 0.2) is 0 Å². The third-order valence-electron chi connectivity index (χ3n) is 6.20. The first-order chi connectivity index (χ1) is 15.4. The number of anilines is 1. The monoisotopic (exact) mass is 472 g/mol. The standard InChI is InChI=1S/C24H32N4O2S2/c1-4-6-7-11-14-28-23(30)20(32-24(28)31)15-18-17(3)19(16-25)22(29)27(5-2)21(18)26-12-9-8-10-13-26/h15H,4-14H2,1-3H3/b20-15-. The lowest BCUT2D eigenvalue weighted by atomic mass is 10.0. The quantitative estimate of drug-likeness (QED) is 0.307. The van der Waals surface area contributed by atoms with Gasteiger partial charge in [0.05, 0.1) is 4.91 Å². The number of rotatable bonds is 8. The molecule has 2 aliphatic rings. The molecule has 8 heteroatoms. The van der Waals surface area contributed by atoms with Crippen LogP contribution in [0.1, 0.15) is 75.5 Å². The van der Waals surface area contributed by atoms with E-state index in [1.54, 1.807) is 9.47 Å². The first-order valence-corrected chi connectivity index (χ1v) is 12.8. The Morgan fingerprint density at radius 3 is 2.47 bits per heavy atom. The number of pyridine rings is 1. The van der Waals surface area contributed by atoms with Crippen LogP contribution in [-0.2, 0) is 11.3 Å². The van der Waals surface area contributed by atoms with Gasteiger partial charge in [0, 0.05) is 31.7 Å². The number of carbonyl (C=O) groups excluding carboxylic acids is 1. The highest BCUT2D eigenvalue weighted by Crippen LogP contribution is 2.36. The second-order valence-electron chi connectivity index (χ2n) is 8.34. The van der Waals surface area contributed by atoms with Crippen molar-refractivity contribution in [3.63, 3.8) is 0 Å². The molecule has 0 N–H and O–H groups in total. The van der Waals surface area contributed by atoms with Crippen molar-refractivity contribution in [2.75, 3.05) is 24.5 Å². The zero-order valence-corrected chi connectivity index (χ0v) is 20.9. The molecule has 1 aromatic rings. The molecule has 2 saturated heterocycles. The zero-order valence-electron chi connectivity index (χ0n) is 19.3. The Morgan fingerprint density at radius 2 is 1.84 bits per heavy atom. The molecule has 3 rings (SSSR count). The maximum Gasteiger partial charge on any atom is 0.270 e. The van der Waals surface area contributed by atoms with Crippen LogP contribution < -0.4 is 10.5 Å². The van der Waals surface area contributed by atoms with E-state index in [2.05, 4.69) is 17.9 Å². The van der Waals surface area contributed by atoms with Crippen LogP contribution in [0.5, 0.6) is 0 Å². The van der Waals surface area contributed by atoms with E-state index in [1.165, 1.54) is 18.2 Å². The van der Waals surface area contributed by atoms with Crippen LogP contribution in [0, 0.1) is 18.3 Å². The number of piperidine rings is 1. The summed E-state index contributed by atoms with van der Waals surface area (Å²) in [6.07, 6.45) is 9.48. The van der Waals surface area contributed by atoms with Gasteiger partial charge in [-0.25, -0.2) is 0 Å². The van der Waals surface area contributed by atoms with E-state index in [1.807, 2.05) is 19.9 Å². The smallest absolute Gasteiger partial charge is 0.270 e. The number of nitriles is 1. The summed E-state index contributed by atoms with van der Waals surface area (Å²) in [5.74, 6) is 0.746. The largest absolute Gasteiger partial charge is 0.357 e. The summed E-state index contributed by atoms with van der Waals surface area (Å²) in [5, 5.41) is 9.68. The minimum absolute atomic E-state index is 0.0757. The van der Waals surface area contributed by atoms with Gasteiger partial charge < -0.3 is 4.90 Å².